The lowest BCUT2D eigenvalue weighted by molar-refractivity contribution is -0.148. The normalized spacial score (nSPS) is 14.0. The van der Waals surface area contributed by atoms with Crippen molar-refractivity contribution >= 4 is 21.9 Å². The minimum atomic E-state index is -3.93. The van der Waals surface area contributed by atoms with Crippen LogP contribution in [0.2, 0.25) is 0 Å². The van der Waals surface area contributed by atoms with Gasteiger partial charge < -0.3 is 15.5 Å². The molecule has 0 saturated carbocycles. The van der Waals surface area contributed by atoms with Crippen molar-refractivity contribution in [2.24, 2.45) is 0 Å². The molecule has 2 unspecified atom stereocenters. The second-order valence-corrected chi connectivity index (χ2v) is 8.87. The molecule has 0 aliphatic heterocycles. The van der Waals surface area contributed by atoms with Crippen molar-refractivity contribution in [1.82, 2.24) is 10.0 Å². The number of carboxylic acid groups (broad SMARTS) is 1. The highest BCUT2D eigenvalue weighted by Gasteiger charge is 2.36. The van der Waals surface area contributed by atoms with E-state index in [4.69, 9.17) is 0 Å². The third-order valence-corrected chi connectivity index (χ3v) is 5.55. The first-order chi connectivity index (χ1) is 13.5. The van der Waals surface area contributed by atoms with Gasteiger partial charge in [-0.25, -0.2) is 17.9 Å². The molecule has 4 N–H and O–H groups in total. The van der Waals surface area contributed by atoms with Gasteiger partial charge in [-0.2, -0.15) is 0 Å². The van der Waals surface area contributed by atoms with Crippen molar-refractivity contribution in [2.45, 2.75) is 37.3 Å². The maximum Gasteiger partial charge on any atom is 0.328 e. The van der Waals surface area contributed by atoms with E-state index in [0.717, 1.165) is 0 Å². The lowest BCUT2D eigenvalue weighted by Crippen LogP contribution is -2.55. The maximum absolute atomic E-state index is 12.7. The fourth-order valence-corrected chi connectivity index (χ4v) is 3.96. The molecule has 2 atom stereocenters. The van der Waals surface area contributed by atoms with Crippen molar-refractivity contribution in [2.75, 3.05) is 0 Å². The molecule has 0 bridgehead atoms. The van der Waals surface area contributed by atoms with E-state index in [1.54, 1.807) is 60.7 Å². The summed E-state index contributed by atoms with van der Waals surface area (Å²) >= 11 is 0. The molecule has 0 aromatic heterocycles. The minimum Gasteiger partial charge on any atom is -0.480 e. The highest BCUT2D eigenvalue weighted by molar-refractivity contribution is 7.88. The first-order valence-corrected chi connectivity index (χ1v) is 10.5. The molecule has 9 heteroatoms. The Balaban J connectivity index is 2.28. The van der Waals surface area contributed by atoms with Crippen LogP contribution in [0.3, 0.4) is 0 Å². The molecule has 0 spiro atoms. The van der Waals surface area contributed by atoms with Crippen LogP contribution < -0.4 is 10.0 Å². The van der Waals surface area contributed by atoms with E-state index in [1.807, 2.05) is 0 Å². The maximum atomic E-state index is 12.7. The third kappa shape index (κ3) is 6.38. The van der Waals surface area contributed by atoms with E-state index in [2.05, 4.69) is 10.0 Å². The number of aliphatic carboxylic acids is 1. The fraction of sp³-hybridized carbons (Fsp3) is 0.300. The lowest BCUT2D eigenvalue weighted by Gasteiger charge is -2.27. The zero-order valence-electron chi connectivity index (χ0n) is 16.1. The van der Waals surface area contributed by atoms with E-state index in [1.165, 1.54) is 13.8 Å². The number of carbonyl (C=O) groups excluding carboxylic acids is 1. The number of carboxylic acids is 1. The van der Waals surface area contributed by atoms with E-state index < -0.39 is 39.6 Å². The van der Waals surface area contributed by atoms with E-state index in [0.29, 0.717) is 11.1 Å². The van der Waals surface area contributed by atoms with Crippen molar-refractivity contribution in [3.63, 3.8) is 0 Å². The Labute approximate surface area is 169 Å². The molecular weight excluding hydrogens is 396 g/mol. The SMILES string of the molecule is CC(C)(NC(=O)C(O)C(NS(=O)(=O)Cc1ccccc1)c1ccccc1)C(=O)O. The summed E-state index contributed by atoms with van der Waals surface area (Å²) in [5, 5.41) is 22.0. The van der Waals surface area contributed by atoms with Gasteiger partial charge in [0.25, 0.3) is 5.91 Å². The van der Waals surface area contributed by atoms with E-state index in [9.17, 15) is 28.2 Å². The number of aliphatic hydroxyl groups excluding tert-OH is 1. The van der Waals surface area contributed by atoms with Crippen LogP contribution in [0, 0.1) is 0 Å². The minimum absolute atomic E-state index is 0.341. The predicted molar refractivity (Wildman–Crippen MR) is 107 cm³/mol. The predicted octanol–water partition coefficient (Wildman–Crippen LogP) is 1.19. The summed E-state index contributed by atoms with van der Waals surface area (Å²) in [5.41, 5.74) is -0.736. The van der Waals surface area contributed by atoms with E-state index in [-0.39, 0.29) is 5.75 Å². The van der Waals surface area contributed by atoms with Gasteiger partial charge in [-0.15, -0.1) is 0 Å². The van der Waals surface area contributed by atoms with Crippen LogP contribution in [0.1, 0.15) is 31.0 Å². The average molecular weight is 420 g/mol. The number of hydrogen-bond donors (Lipinski definition) is 4. The summed E-state index contributed by atoms with van der Waals surface area (Å²) in [4.78, 5) is 23.7. The average Bonchev–Trinajstić information content (AvgIpc) is 2.66. The number of sulfonamides is 1. The van der Waals surface area contributed by atoms with Crippen LogP contribution >= 0.6 is 0 Å². The number of rotatable bonds is 9. The van der Waals surface area contributed by atoms with Crippen molar-refractivity contribution < 1.29 is 28.2 Å². The molecule has 1 amide bonds. The first kappa shape index (κ1) is 22.5. The summed E-state index contributed by atoms with van der Waals surface area (Å²) in [6, 6.07) is 15.3. The van der Waals surface area contributed by atoms with Crippen LogP contribution in [-0.4, -0.2) is 42.2 Å². The molecule has 0 fully saturated rings. The molecule has 0 aliphatic carbocycles. The monoisotopic (exact) mass is 420 g/mol. The Morgan fingerprint density at radius 2 is 1.52 bits per heavy atom. The molecule has 29 heavy (non-hydrogen) atoms. The number of hydrogen-bond acceptors (Lipinski definition) is 5. The number of aliphatic hydroxyl groups is 1. The standard InChI is InChI=1S/C20H24N2O6S/c1-20(2,19(25)26)21-18(24)17(23)16(15-11-7-4-8-12-15)22-29(27,28)13-14-9-5-3-6-10-14/h3-12,16-17,22-23H,13H2,1-2H3,(H,21,24)(H,25,26). The molecule has 0 saturated heterocycles. The van der Waals surface area contributed by atoms with Gasteiger partial charge in [-0.05, 0) is 25.0 Å². The van der Waals surface area contributed by atoms with Crippen LogP contribution in [0.4, 0.5) is 0 Å². The second-order valence-electron chi connectivity index (χ2n) is 7.12. The molecule has 8 nitrogen and oxygen atoms in total. The lowest BCUT2D eigenvalue weighted by atomic mass is 10.00. The molecule has 0 heterocycles. The third-order valence-electron chi connectivity index (χ3n) is 4.22. The van der Waals surface area contributed by atoms with Gasteiger partial charge in [0, 0.05) is 0 Å². The number of nitrogens with one attached hydrogen (secondary N) is 2. The highest BCUT2D eigenvalue weighted by Crippen LogP contribution is 2.20. The largest absolute Gasteiger partial charge is 0.480 e. The van der Waals surface area contributed by atoms with Crippen molar-refractivity contribution in [3.05, 3.63) is 71.8 Å². The summed E-state index contributed by atoms with van der Waals surface area (Å²) < 4.78 is 27.7. The van der Waals surface area contributed by atoms with Crippen LogP contribution in [0.5, 0.6) is 0 Å². The van der Waals surface area contributed by atoms with Gasteiger partial charge in [-0.1, -0.05) is 60.7 Å². The number of benzene rings is 2. The van der Waals surface area contributed by atoms with Crippen molar-refractivity contribution in [1.29, 1.82) is 0 Å². The number of carbonyl (C=O) groups is 2. The smallest absolute Gasteiger partial charge is 0.328 e. The van der Waals surface area contributed by atoms with Gasteiger partial charge >= 0.3 is 5.97 Å². The van der Waals surface area contributed by atoms with Gasteiger partial charge in [-0.3, -0.25) is 4.79 Å². The molecule has 0 radical (unpaired) electrons. The summed E-state index contributed by atoms with van der Waals surface area (Å²) in [6.45, 7) is 2.52. The Kier molecular flexibility index (Phi) is 7.12. The van der Waals surface area contributed by atoms with Crippen LogP contribution in [0.25, 0.3) is 0 Å². The fourth-order valence-electron chi connectivity index (χ4n) is 2.59. The molecule has 2 rings (SSSR count). The molecule has 2 aromatic carbocycles. The summed E-state index contributed by atoms with van der Waals surface area (Å²) in [7, 11) is -3.93. The van der Waals surface area contributed by atoms with Gasteiger partial charge in [0.05, 0.1) is 11.8 Å². The zero-order chi connectivity index (χ0) is 21.7. The Bertz CT molecular complexity index is 945. The van der Waals surface area contributed by atoms with Crippen LogP contribution in [0.15, 0.2) is 60.7 Å². The summed E-state index contributed by atoms with van der Waals surface area (Å²) in [5.74, 6) is -2.64. The topological polar surface area (TPSA) is 133 Å². The summed E-state index contributed by atoms with van der Waals surface area (Å²) in [6.07, 6.45) is -1.85. The van der Waals surface area contributed by atoms with Crippen molar-refractivity contribution in [3.8, 4) is 0 Å². The molecule has 2 aromatic rings. The Hall–Kier alpha value is -2.75. The molecule has 156 valence electrons. The molecule has 0 aliphatic rings. The second kappa shape index (κ2) is 9.17. The van der Waals surface area contributed by atoms with Gasteiger partial charge in [0.2, 0.25) is 10.0 Å². The van der Waals surface area contributed by atoms with Gasteiger partial charge in [0.15, 0.2) is 6.10 Å². The van der Waals surface area contributed by atoms with Gasteiger partial charge in [0.1, 0.15) is 5.54 Å². The van der Waals surface area contributed by atoms with E-state index >= 15 is 0 Å². The Morgan fingerprint density at radius 1 is 1.00 bits per heavy atom. The quantitative estimate of drug-likeness (QED) is 0.482. The molecular formula is C20H24N2O6S. The highest BCUT2D eigenvalue weighted by atomic mass is 32.2. The van der Waals surface area contributed by atoms with Crippen LogP contribution in [-0.2, 0) is 25.4 Å². The zero-order valence-corrected chi connectivity index (χ0v) is 16.9. The first-order valence-electron chi connectivity index (χ1n) is 8.84. The number of amides is 1. The Morgan fingerprint density at radius 3 is 2.03 bits per heavy atom.